The van der Waals surface area contributed by atoms with Gasteiger partial charge in [0.05, 0.1) is 18.6 Å². The molecule has 2 heterocycles. The van der Waals surface area contributed by atoms with Gasteiger partial charge < -0.3 is 18.8 Å². The Balaban J connectivity index is 1.71. The van der Waals surface area contributed by atoms with E-state index in [4.69, 9.17) is 13.9 Å². The van der Waals surface area contributed by atoms with Crippen LogP contribution in [0.2, 0.25) is 0 Å². The first-order chi connectivity index (χ1) is 13.3. The molecule has 0 aliphatic carbocycles. The Hall–Kier alpha value is -2.79. The van der Waals surface area contributed by atoms with Crippen molar-refractivity contribution in [1.29, 1.82) is 0 Å². The highest BCUT2D eigenvalue weighted by Gasteiger charge is 2.18. The maximum atomic E-state index is 12.6. The first-order valence-corrected chi connectivity index (χ1v) is 9.35. The fraction of sp³-hybridized carbons (Fsp3) is 0.318. The number of hydrogen-bond donors (Lipinski definition) is 0. The molecule has 1 saturated heterocycles. The molecule has 5 nitrogen and oxygen atoms in total. The van der Waals surface area contributed by atoms with Crippen LogP contribution in [0.1, 0.15) is 18.1 Å². The van der Waals surface area contributed by atoms with E-state index in [2.05, 4.69) is 4.90 Å². The summed E-state index contributed by atoms with van der Waals surface area (Å²) < 4.78 is 17.6. The van der Waals surface area contributed by atoms with Crippen molar-refractivity contribution in [3.8, 4) is 5.75 Å². The maximum absolute atomic E-state index is 12.6. The molecule has 2 aromatic carbocycles. The summed E-state index contributed by atoms with van der Waals surface area (Å²) in [6.45, 7) is 5.25. The van der Waals surface area contributed by atoms with Crippen LogP contribution >= 0.6 is 0 Å². The molecular weight excluding hydrogens is 342 g/mol. The van der Waals surface area contributed by atoms with Gasteiger partial charge in [0.25, 0.3) is 0 Å². The van der Waals surface area contributed by atoms with Crippen molar-refractivity contribution >= 4 is 16.9 Å². The minimum Gasteiger partial charge on any atom is -0.488 e. The molecule has 0 radical (unpaired) electrons. The average Bonchev–Trinajstić information content (AvgIpc) is 2.73. The van der Waals surface area contributed by atoms with Gasteiger partial charge in [-0.3, -0.25) is 4.79 Å². The van der Waals surface area contributed by atoms with E-state index in [9.17, 15) is 4.79 Å². The Morgan fingerprint density at radius 3 is 2.59 bits per heavy atom. The Bertz CT molecular complexity index is 975. The molecule has 27 heavy (non-hydrogen) atoms. The lowest BCUT2D eigenvalue weighted by Crippen LogP contribution is -2.36. The predicted molar refractivity (Wildman–Crippen MR) is 106 cm³/mol. The summed E-state index contributed by atoms with van der Waals surface area (Å²) in [5.74, 6) is 1.36. The molecular formula is C22H23NO4. The summed E-state index contributed by atoms with van der Waals surface area (Å²) in [7, 11) is 0. The Morgan fingerprint density at radius 1 is 1.07 bits per heavy atom. The summed E-state index contributed by atoms with van der Waals surface area (Å²) in [6, 6.07) is 15.3. The lowest BCUT2D eigenvalue weighted by molar-refractivity contribution is 0.121. The van der Waals surface area contributed by atoms with Crippen LogP contribution in [-0.2, 0) is 17.8 Å². The topological polar surface area (TPSA) is 51.9 Å². The number of benzene rings is 2. The van der Waals surface area contributed by atoms with Gasteiger partial charge in [-0.15, -0.1) is 0 Å². The van der Waals surface area contributed by atoms with Crippen molar-refractivity contribution < 1.29 is 13.9 Å². The number of hydrogen-bond acceptors (Lipinski definition) is 5. The second-order valence-corrected chi connectivity index (χ2v) is 6.60. The minimum atomic E-state index is -0.0259. The lowest BCUT2D eigenvalue weighted by atomic mass is 10.1. The Kier molecular flexibility index (Phi) is 5.12. The highest BCUT2D eigenvalue weighted by atomic mass is 16.5. The molecule has 1 aliphatic heterocycles. The summed E-state index contributed by atoms with van der Waals surface area (Å²) in [5, 5.41) is 0.593. The largest absolute Gasteiger partial charge is 0.488 e. The third kappa shape index (κ3) is 3.69. The van der Waals surface area contributed by atoms with E-state index in [1.807, 2.05) is 43.3 Å². The molecule has 1 fully saturated rings. The second-order valence-electron chi connectivity index (χ2n) is 6.60. The van der Waals surface area contributed by atoms with Gasteiger partial charge in [-0.1, -0.05) is 37.3 Å². The number of morpholine rings is 1. The normalized spacial score (nSPS) is 14.5. The highest BCUT2D eigenvalue weighted by Crippen LogP contribution is 2.30. The summed E-state index contributed by atoms with van der Waals surface area (Å²) in [6.07, 6.45) is 0.719. The van der Waals surface area contributed by atoms with Crippen molar-refractivity contribution in [2.75, 3.05) is 31.2 Å². The van der Waals surface area contributed by atoms with Gasteiger partial charge in [-0.05, 0) is 24.1 Å². The van der Waals surface area contributed by atoms with Crippen molar-refractivity contribution in [1.82, 2.24) is 0 Å². The van der Waals surface area contributed by atoms with Crippen molar-refractivity contribution in [3.63, 3.8) is 0 Å². The Labute approximate surface area is 158 Å². The van der Waals surface area contributed by atoms with Gasteiger partial charge in [0.15, 0.2) is 11.3 Å². The quantitative estimate of drug-likeness (QED) is 0.689. The zero-order valence-electron chi connectivity index (χ0n) is 15.4. The van der Waals surface area contributed by atoms with Gasteiger partial charge in [-0.2, -0.15) is 0 Å². The van der Waals surface area contributed by atoms with Crippen molar-refractivity contribution in [2.24, 2.45) is 0 Å². The molecule has 1 aromatic heterocycles. The third-order valence-electron chi connectivity index (χ3n) is 4.86. The zero-order chi connectivity index (χ0) is 18.6. The number of aryl methyl sites for hydroxylation is 1. The van der Waals surface area contributed by atoms with Gasteiger partial charge in [0.1, 0.15) is 17.9 Å². The molecule has 1 aliphatic rings. The van der Waals surface area contributed by atoms with Crippen molar-refractivity contribution in [3.05, 3.63) is 69.9 Å². The highest BCUT2D eigenvalue weighted by molar-refractivity contribution is 5.83. The van der Waals surface area contributed by atoms with Crippen molar-refractivity contribution in [2.45, 2.75) is 20.0 Å². The van der Waals surface area contributed by atoms with E-state index in [0.29, 0.717) is 36.7 Å². The molecule has 140 valence electrons. The van der Waals surface area contributed by atoms with Gasteiger partial charge >= 0.3 is 0 Å². The fourth-order valence-corrected chi connectivity index (χ4v) is 3.39. The van der Waals surface area contributed by atoms with E-state index >= 15 is 0 Å². The molecule has 0 bridgehead atoms. The lowest BCUT2D eigenvalue weighted by Gasteiger charge is -2.27. The van der Waals surface area contributed by atoms with E-state index in [-0.39, 0.29) is 5.43 Å². The van der Waals surface area contributed by atoms with E-state index in [1.54, 1.807) is 12.1 Å². The minimum absolute atomic E-state index is 0.0259. The third-order valence-corrected chi connectivity index (χ3v) is 4.86. The number of ether oxygens (including phenoxy) is 2. The van der Waals surface area contributed by atoms with Gasteiger partial charge in [0, 0.05) is 24.7 Å². The Morgan fingerprint density at radius 2 is 1.85 bits per heavy atom. The standard InChI is InChI=1S/C22H23NO4/c1-2-17-20(26-15-16-6-4-3-5-7-16)9-8-18-19(24)14-21(27-22(17)18)23-10-12-25-13-11-23/h3-9,14H,2,10-13,15H2,1H3. The predicted octanol–water partition coefficient (Wildman–Crippen LogP) is 3.77. The van der Waals surface area contributed by atoms with Gasteiger partial charge in [0.2, 0.25) is 0 Å². The van der Waals surface area contributed by atoms with E-state index in [0.717, 1.165) is 36.4 Å². The van der Waals surface area contributed by atoms with E-state index < -0.39 is 0 Å². The van der Waals surface area contributed by atoms with Crippen LogP contribution in [0.5, 0.6) is 5.75 Å². The second kappa shape index (κ2) is 7.84. The molecule has 0 unspecified atom stereocenters. The number of fused-ring (bicyclic) bond motifs is 1. The number of rotatable bonds is 5. The molecule has 0 amide bonds. The SMILES string of the molecule is CCc1c(OCc2ccccc2)ccc2c(=O)cc(N3CCOCC3)oc12. The molecule has 5 heteroatoms. The van der Waals surface area contributed by atoms with Crippen LogP contribution in [-0.4, -0.2) is 26.3 Å². The molecule has 0 N–H and O–H groups in total. The van der Waals surface area contributed by atoms with Crippen LogP contribution < -0.4 is 15.1 Å². The monoisotopic (exact) mass is 365 g/mol. The smallest absolute Gasteiger partial charge is 0.200 e. The number of nitrogens with zero attached hydrogens (tertiary/aromatic N) is 1. The van der Waals surface area contributed by atoms with Crippen LogP contribution in [0.25, 0.3) is 11.0 Å². The van der Waals surface area contributed by atoms with Crippen LogP contribution in [0.15, 0.2) is 57.7 Å². The zero-order valence-corrected chi connectivity index (χ0v) is 15.4. The molecule has 3 aromatic rings. The van der Waals surface area contributed by atoms with Gasteiger partial charge in [-0.25, -0.2) is 0 Å². The summed E-state index contributed by atoms with van der Waals surface area (Å²) in [5.41, 5.74) is 2.62. The first kappa shape index (κ1) is 17.6. The van der Waals surface area contributed by atoms with Crippen LogP contribution in [0, 0.1) is 0 Å². The molecule has 0 atom stereocenters. The maximum Gasteiger partial charge on any atom is 0.200 e. The number of anilines is 1. The van der Waals surface area contributed by atoms with Crippen LogP contribution in [0.3, 0.4) is 0 Å². The fourth-order valence-electron chi connectivity index (χ4n) is 3.39. The summed E-state index contributed by atoms with van der Waals surface area (Å²) >= 11 is 0. The first-order valence-electron chi connectivity index (χ1n) is 9.35. The van der Waals surface area contributed by atoms with Crippen LogP contribution in [0.4, 0.5) is 5.88 Å². The average molecular weight is 365 g/mol. The molecule has 0 spiro atoms. The molecule has 0 saturated carbocycles. The molecule has 4 rings (SSSR count). The summed E-state index contributed by atoms with van der Waals surface area (Å²) in [4.78, 5) is 14.7. The van der Waals surface area contributed by atoms with E-state index in [1.165, 1.54) is 0 Å².